The van der Waals surface area contributed by atoms with Gasteiger partial charge in [0.1, 0.15) is 11.8 Å². The first-order chi connectivity index (χ1) is 18.1. The van der Waals surface area contributed by atoms with Gasteiger partial charge in [0.15, 0.2) is 0 Å². The summed E-state index contributed by atoms with van der Waals surface area (Å²) < 4.78 is 43.7. The summed E-state index contributed by atoms with van der Waals surface area (Å²) in [6, 6.07) is 8.55. The average Bonchev–Trinajstić information content (AvgIpc) is 3.26. The molecule has 3 heterocycles. The molecule has 3 aliphatic heterocycles. The zero-order valence-corrected chi connectivity index (χ0v) is 22.7. The largest absolute Gasteiger partial charge is 0.508 e. The van der Waals surface area contributed by atoms with Gasteiger partial charge in [-0.3, -0.25) is 9.10 Å². The van der Waals surface area contributed by atoms with Crippen LogP contribution < -0.4 is 4.31 Å². The maximum Gasteiger partial charge on any atom is 0.508 e. The van der Waals surface area contributed by atoms with Crippen LogP contribution in [-0.4, -0.2) is 64.3 Å². The summed E-state index contributed by atoms with van der Waals surface area (Å²) in [7, 11) is -1.52. The zero-order chi connectivity index (χ0) is 27.5. The standard InChI is InChI=1S/C27H30N2O8S/c1-6-8-16-11-12-20-22-17(16)9-7-10-19(22)28(38(20,33)34)13-18-14(2)23-21(15(3)37-27(32)36-5)25(30)29(23)24(18)26(31)35-4/h7,9-12,14-15,21,23H,6,8,13H2,1-5H3/t14-,15+,21+,23+/m0/s1. The average molecular weight is 543 g/mol. The lowest BCUT2D eigenvalue weighted by Crippen LogP contribution is -2.64. The molecule has 1 saturated heterocycles. The molecular weight excluding hydrogens is 512 g/mol. The number of benzene rings is 2. The number of carbonyl (C=O) groups excluding carboxylic acids is 3. The van der Waals surface area contributed by atoms with Crippen molar-refractivity contribution in [3.8, 4) is 0 Å². The van der Waals surface area contributed by atoms with E-state index < -0.39 is 52.0 Å². The minimum Gasteiger partial charge on any atom is -0.464 e. The summed E-state index contributed by atoms with van der Waals surface area (Å²) in [4.78, 5) is 39.4. The fraction of sp³-hybridized carbons (Fsp3) is 0.444. The molecule has 10 nitrogen and oxygen atoms in total. The monoisotopic (exact) mass is 542 g/mol. The molecular formula is C27H30N2O8S. The van der Waals surface area contributed by atoms with Crippen LogP contribution in [0.5, 0.6) is 0 Å². The van der Waals surface area contributed by atoms with E-state index in [1.807, 2.05) is 25.1 Å². The van der Waals surface area contributed by atoms with Gasteiger partial charge in [0.05, 0.1) is 43.3 Å². The third-order valence-corrected chi connectivity index (χ3v) is 9.67. The van der Waals surface area contributed by atoms with Crippen molar-refractivity contribution in [3.63, 3.8) is 0 Å². The number of aryl methyl sites for hydroxylation is 1. The zero-order valence-electron chi connectivity index (χ0n) is 21.9. The highest BCUT2D eigenvalue weighted by atomic mass is 32.2. The smallest absolute Gasteiger partial charge is 0.464 e. The number of nitrogens with zero attached hydrogens (tertiary/aromatic N) is 2. The molecule has 5 rings (SSSR count). The van der Waals surface area contributed by atoms with E-state index in [9.17, 15) is 22.8 Å². The van der Waals surface area contributed by atoms with Gasteiger partial charge in [0.25, 0.3) is 10.0 Å². The Morgan fingerprint density at radius 2 is 1.84 bits per heavy atom. The van der Waals surface area contributed by atoms with Crippen molar-refractivity contribution >= 4 is 44.5 Å². The molecule has 0 unspecified atom stereocenters. The number of ether oxygens (including phenoxy) is 3. The number of β-lactam (4-membered cyclic amide) rings is 1. The highest BCUT2D eigenvalue weighted by Crippen LogP contribution is 2.50. The minimum atomic E-state index is -3.92. The van der Waals surface area contributed by atoms with Crippen molar-refractivity contribution in [1.82, 2.24) is 4.90 Å². The number of amides is 1. The minimum absolute atomic E-state index is 0.0431. The first-order valence-electron chi connectivity index (χ1n) is 12.5. The van der Waals surface area contributed by atoms with Gasteiger partial charge in [-0.15, -0.1) is 0 Å². The molecule has 2 aromatic rings. The highest BCUT2D eigenvalue weighted by molar-refractivity contribution is 7.93. The number of rotatable bonds is 7. The summed E-state index contributed by atoms with van der Waals surface area (Å²) in [5.41, 5.74) is 2.14. The Bertz CT molecular complexity index is 1500. The second kappa shape index (κ2) is 9.30. The van der Waals surface area contributed by atoms with Gasteiger partial charge in [0, 0.05) is 11.3 Å². The number of methoxy groups -OCH3 is 2. The highest BCUT2D eigenvalue weighted by Gasteiger charge is 2.61. The fourth-order valence-electron chi connectivity index (χ4n) is 6.10. The topological polar surface area (TPSA) is 120 Å². The lowest BCUT2D eigenvalue weighted by molar-refractivity contribution is -0.164. The molecule has 0 N–H and O–H groups in total. The molecule has 1 fully saturated rings. The van der Waals surface area contributed by atoms with Gasteiger partial charge in [-0.1, -0.05) is 38.5 Å². The van der Waals surface area contributed by atoms with E-state index in [4.69, 9.17) is 9.47 Å². The van der Waals surface area contributed by atoms with Crippen molar-refractivity contribution in [2.75, 3.05) is 25.1 Å². The Morgan fingerprint density at radius 1 is 1.11 bits per heavy atom. The lowest BCUT2D eigenvalue weighted by Gasteiger charge is -2.47. The normalized spacial score (nSPS) is 23.8. The van der Waals surface area contributed by atoms with E-state index in [2.05, 4.69) is 11.7 Å². The molecule has 11 heteroatoms. The summed E-state index contributed by atoms with van der Waals surface area (Å²) in [5, 5.41) is 1.56. The quantitative estimate of drug-likeness (QED) is 0.386. The van der Waals surface area contributed by atoms with Gasteiger partial charge in [-0.2, -0.15) is 0 Å². The van der Waals surface area contributed by atoms with Gasteiger partial charge >= 0.3 is 12.1 Å². The van der Waals surface area contributed by atoms with Crippen LogP contribution in [0.4, 0.5) is 10.5 Å². The van der Waals surface area contributed by atoms with Crippen LogP contribution in [0.1, 0.15) is 32.8 Å². The van der Waals surface area contributed by atoms with E-state index >= 15 is 0 Å². The van der Waals surface area contributed by atoms with Crippen LogP contribution in [0.2, 0.25) is 0 Å². The molecule has 0 aliphatic carbocycles. The lowest BCUT2D eigenvalue weighted by atomic mass is 9.77. The fourth-order valence-corrected chi connectivity index (χ4v) is 7.77. The Kier molecular flexibility index (Phi) is 6.37. The number of sulfonamides is 1. The number of hydrogen-bond acceptors (Lipinski definition) is 8. The number of fused-ring (bicyclic) bond motifs is 1. The Hall–Kier alpha value is -3.60. The van der Waals surface area contributed by atoms with Crippen LogP contribution in [0.3, 0.4) is 0 Å². The van der Waals surface area contributed by atoms with E-state index in [1.54, 1.807) is 19.1 Å². The predicted molar refractivity (Wildman–Crippen MR) is 138 cm³/mol. The maximum absolute atomic E-state index is 13.8. The molecule has 202 valence electrons. The van der Waals surface area contributed by atoms with Crippen LogP contribution >= 0.6 is 0 Å². The van der Waals surface area contributed by atoms with E-state index in [0.717, 1.165) is 23.8 Å². The Balaban J connectivity index is 1.56. The predicted octanol–water partition coefficient (Wildman–Crippen LogP) is 3.38. The van der Waals surface area contributed by atoms with Crippen LogP contribution in [-0.2, 0) is 40.2 Å². The molecule has 0 saturated carbocycles. The number of esters is 1. The molecule has 0 spiro atoms. The maximum atomic E-state index is 13.8. The number of anilines is 1. The summed E-state index contributed by atoms with van der Waals surface area (Å²) in [6.45, 7) is 5.38. The molecule has 1 amide bonds. The molecule has 0 bridgehead atoms. The second-order valence-corrected chi connectivity index (χ2v) is 11.7. The number of carbonyl (C=O) groups is 3. The molecule has 38 heavy (non-hydrogen) atoms. The van der Waals surface area contributed by atoms with Crippen molar-refractivity contribution in [2.45, 2.75) is 50.7 Å². The molecule has 3 aliphatic rings. The second-order valence-electron chi connectivity index (χ2n) is 9.84. The molecule has 0 aromatic heterocycles. The van der Waals surface area contributed by atoms with E-state index in [1.165, 1.54) is 23.4 Å². The van der Waals surface area contributed by atoms with Crippen LogP contribution in [0, 0.1) is 11.8 Å². The van der Waals surface area contributed by atoms with Crippen molar-refractivity contribution in [1.29, 1.82) is 0 Å². The van der Waals surface area contributed by atoms with E-state index in [0.29, 0.717) is 16.6 Å². The summed E-state index contributed by atoms with van der Waals surface area (Å²) in [5.74, 6) is -2.23. The first kappa shape index (κ1) is 26.0. The van der Waals surface area contributed by atoms with Gasteiger partial charge in [-0.05, 0) is 42.0 Å². The third-order valence-electron chi connectivity index (χ3n) is 7.87. The van der Waals surface area contributed by atoms with Crippen molar-refractivity contribution in [3.05, 3.63) is 47.2 Å². The van der Waals surface area contributed by atoms with Crippen LogP contribution in [0.25, 0.3) is 10.8 Å². The van der Waals surface area contributed by atoms with E-state index in [-0.39, 0.29) is 17.1 Å². The SMILES string of the molecule is CCCc1ccc2c3c(cccc13)N(CC1=C(C(=O)OC)N3C(=O)[C@H]([C@@H](C)OC(=O)OC)[C@H]3[C@H]1C)S2(=O)=O. The first-order valence-corrected chi connectivity index (χ1v) is 14.0. The summed E-state index contributed by atoms with van der Waals surface area (Å²) >= 11 is 0. The van der Waals surface area contributed by atoms with Gasteiger partial charge in [-0.25, -0.2) is 18.0 Å². The molecule has 4 atom stereocenters. The van der Waals surface area contributed by atoms with Crippen LogP contribution in [0.15, 0.2) is 46.5 Å². The van der Waals surface area contributed by atoms with Gasteiger partial charge in [0.2, 0.25) is 5.91 Å². The number of hydrogen-bond donors (Lipinski definition) is 0. The van der Waals surface area contributed by atoms with Crippen molar-refractivity contribution in [2.24, 2.45) is 11.8 Å². The Labute approximate surface area is 221 Å². The van der Waals surface area contributed by atoms with Crippen molar-refractivity contribution < 1.29 is 37.0 Å². The van der Waals surface area contributed by atoms with Gasteiger partial charge < -0.3 is 19.1 Å². The summed E-state index contributed by atoms with van der Waals surface area (Å²) in [6.07, 6.45) is 0.0302. The molecule has 0 radical (unpaired) electrons. The molecule has 2 aromatic carbocycles. The third kappa shape index (κ3) is 3.58. The Morgan fingerprint density at radius 3 is 2.50 bits per heavy atom.